The Morgan fingerprint density at radius 2 is 2.20 bits per heavy atom. The van der Waals surface area contributed by atoms with E-state index in [0.29, 0.717) is 22.9 Å². The van der Waals surface area contributed by atoms with Crippen LogP contribution in [0.15, 0.2) is 18.2 Å². The molecule has 5 heteroatoms. The minimum Gasteiger partial charge on any atom is -0.271 e. The Balaban J connectivity index is 2.81. The van der Waals surface area contributed by atoms with Gasteiger partial charge in [-0.1, -0.05) is 17.7 Å². The summed E-state index contributed by atoms with van der Waals surface area (Å²) in [5.74, 6) is 5.55. The van der Waals surface area contributed by atoms with Gasteiger partial charge in [0.15, 0.2) is 0 Å². The van der Waals surface area contributed by atoms with Gasteiger partial charge in [-0.25, -0.2) is 4.39 Å². The van der Waals surface area contributed by atoms with Gasteiger partial charge in [-0.05, 0) is 25.0 Å². The molecule has 0 spiro atoms. The van der Waals surface area contributed by atoms with Crippen LogP contribution in [-0.2, 0) is 0 Å². The number of halogens is 3. The minimum atomic E-state index is -0.347. The quantitative estimate of drug-likeness (QED) is 0.479. The zero-order chi connectivity index (χ0) is 11.3. The van der Waals surface area contributed by atoms with E-state index in [1.54, 1.807) is 12.1 Å². The maximum Gasteiger partial charge on any atom is 0.129 e. The minimum absolute atomic E-state index is 0.221. The van der Waals surface area contributed by atoms with Crippen molar-refractivity contribution >= 4 is 23.2 Å². The zero-order valence-corrected chi connectivity index (χ0v) is 9.65. The van der Waals surface area contributed by atoms with Gasteiger partial charge < -0.3 is 0 Å². The molecule has 0 saturated heterocycles. The van der Waals surface area contributed by atoms with E-state index < -0.39 is 0 Å². The summed E-state index contributed by atoms with van der Waals surface area (Å²) in [6, 6.07) is 4.34. The van der Waals surface area contributed by atoms with Crippen molar-refractivity contribution in [2.45, 2.75) is 18.9 Å². The molecule has 0 aliphatic heterocycles. The lowest BCUT2D eigenvalue weighted by Crippen LogP contribution is -2.28. The molecule has 1 rings (SSSR count). The summed E-state index contributed by atoms with van der Waals surface area (Å²) in [4.78, 5) is 0. The molecule has 2 nitrogen and oxygen atoms in total. The lowest BCUT2D eigenvalue weighted by Gasteiger charge is -2.16. The molecule has 0 saturated carbocycles. The van der Waals surface area contributed by atoms with Crippen molar-refractivity contribution < 1.29 is 4.39 Å². The summed E-state index contributed by atoms with van der Waals surface area (Å²) < 4.78 is 13.5. The first-order chi connectivity index (χ1) is 7.19. The summed E-state index contributed by atoms with van der Waals surface area (Å²) in [7, 11) is 0. The van der Waals surface area contributed by atoms with Crippen molar-refractivity contribution in [3.05, 3.63) is 34.6 Å². The fraction of sp³-hybridized carbons (Fsp3) is 0.400. The van der Waals surface area contributed by atoms with Crippen LogP contribution in [0, 0.1) is 5.82 Å². The lowest BCUT2D eigenvalue weighted by atomic mass is 10.0. The van der Waals surface area contributed by atoms with Crippen molar-refractivity contribution in [2.24, 2.45) is 5.84 Å². The van der Waals surface area contributed by atoms with E-state index >= 15 is 0 Å². The highest BCUT2D eigenvalue weighted by molar-refractivity contribution is 6.30. The first-order valence-corrected chi connectivity index (χ1v) is 5.57. The fourth-order valence-electron chi connectivity index (χ4n) is 1.39. The van der Waals surface area contributed by atoms with Crippen LogP contribution in [0.25, 0.3) is 0 Å². The van der Waals surface area contributed by atoms with E-state index in [1.807, 2.05) is 0 Å². The van der Waals surface area contributed by atoms with Gasteiger partial charge >= 0.3 is 0 Å². The third-order valence-corrected chi connectivity index (χ3v) is 2.67. The van der Waals surface area contributed by atoms with Crippen molar-refractivity contribution in [1.29, 1.82) is 0 Å². The van der Waals surface area contributed by atoms with Gasteiger partial charge in [-0.15, -0.1) is 11.6 Å². The highest BCUT2D eigenvalue weighted by atomic mass is 35.5. The van der Waals surface area contributed by atoms with Crippen LogP contribution >= 0.6 is 23.2 Å². The second-order valence-electron chi connectivity index (χ2n) is 3.22. The standard InChI is InChI=1S/C10H13Cl2FN2/c11-5-1-2-10(15-14)8-4-3-7(12)6-9(8)13/h3-4,6,10,15H,1-2,5,14H2. The topological polar surface area (TPSA) is 38.0 Å². The second kappa shape index (κ2) is 6.28. The number of nitrogens with two attached hydrogens (primary N) is 1. The number of nitrogens with one attached hydrogen (secondary N) is 1. The van der Waals surface area contributed by atoms with Crippen molar-refractivity contribution in [3.8, 4) is 0 Å². The summed E-state index contributed by atoms with van der Waals surface area (Å²) in [6.07, 6.45) is 1.47. The van der Waals surface area contributed by atoms with Crippen LogP contribution in [0.2, 0.25) is 5.02 Å². The Hall–Kier alpha value is -0.350. The van der Waals surface area contributed by atoms with E-state index in [9.17, 15) is 4.39 Å². The monoisotopic (exact) mass is 250 g/mol. The molecule has 0 fully saturated rings. The normalized spacial score (nSPS) is 12.8. The predicted octanol–water partition coefficient (Wildman–Crippen LogP) is 3.00. The lowest BCUT2D eigenvalue weighted by molar-refractivity contribution is 0.482. The molecule has 0 heterocycles. The molecule has 84 valence electrons. The van der Waals surface area contributed by atoms with Crippen LogP contribution in [0.3, 0.4) is 0 Å². The van der Waals surface area contributed by atoms with Gasteiger partial charge in [0.2, 0.25) is 0 Å². The number of benzene rings is 1. The third-order valence-electron chi connectivity index (χ3n) is 2.17. The van der Waals surface area contributed by atoms with E-state index in [-0.39, 0.29) is 11.9 Å². The molecule has 15 heavy (non-hydrogen) atoms. The molecule has 0 amide bonds. The molecule has 1 aromatic carbocycles. The van der Waals surface area contributed by atoms with Crippen LogP contribution < -0.4 is 11.3 Å². The second-order valence-corrected chi connectivity index (χ2v) is 4.03. The van der Waals surface area contributed by atoms with Gasteiger partial charge in [-0.2, -0.15) is 0 Å². The number of hydrazine groups is 1. The predicted molar refractivity (Wildman–Crippen MR) is 61.4 cm³/mol. The molecule has 0 aromatic heterocycles. The number of hydrogen-bond donors (Lipinski definition) is 2. The molecular formula is C10H13Cl2FN2. The average molecular weight is 251 g/mol. The van der Waals surface area contributed by atoms with Crippen molar-refractivity contribution in [3.63, 3.8) is 0 Å². The molecule has 0 bridgehead atoms. The third kappa shape index (κ3) is 3.61. The number of alkyl halides is 1. The van der Waals surface area contributed by atoms with E-state index in [4.69, 9.17) is 29.0 Å². The van der Waals surface area contributed by atoms with Crippen LogP contribution in [0.1, 0.15) is 24.4 Å². The Morgan fingerprint density at radius 3 is 2.73 bits per heavy atom. The van der Waals surface area contributed by atoms with Gasteiger partial charge in [0.05, 0.1) is 0 Å². The molecule has 1 aromatic rings. The maximum absolute atomic E-state index is 13.5. The van der Waals surface area contributed by atoms with Gasteiger partial charge in [0.25, 0.3) is 0 Å². The van der Waals surface area contributed by atoms with Gasteiger partial charge in [-0.3, -0.25) is 11.3 Å². The Morgan fingerprint density at radius 1 is 1.47 bits per heavy atom. The van der Waals surface area contributed by atoms with E-state index in [1.165, 1.54) is 6.07 Å². The Labute approximate surface area is 98.5 Å². The Bertz CT molecular complexity index is 320. The Kier molecular flexibility index (Phi) is 5.32. The number of hydrogen-bond acceptors (Lipinski definition) is 2. The summed E-state index contributed by atoms with van der Waals surface area (Å²) in [5, 5.41) is 0.379. The van der Waals surface area contributed by atoms with Crippen molar-refractivity contribution in [1.82, 2.24) is 5.43 Å². The van der Waals surface area contributed by atoms with Crippen molar-refractivity contribution in [2.75, 3.05) is 5.88 Å². The molecule has 0 aliphatic rings. The van der Waals surface area contributed by atoms with Crippen LogP contribution in [0.5, 0.6) is 0 Å². The summed E-state index contributed by atoms with van der Waals surface area (Å²) in [6.45, 7) is 0. The van der Waals surface area contributed by atoms with Crippen LogP contribution in [-0.4, -0.2) is 5.88 Å². The molecule has 0 radical (unpaired) electrons. The summed E-state index contributed by atoms with van der Waals surface area (Å²) in [5.41, 5.74) is 3.09. The van der Waals surface area contributed by atoms with E-state index in [2.05, 4.69) is 5.43 Å². The molecule has 1 atom stereocenters. The molecule has 3 N–H and O–H groups in total. The van der Waals surface area contributed by atoms with E-state index in [0.717, 1.165) is 6.42 Å². The fourth-order valence-corrected chi connectivity index (χ4v) is 1.71. The zero-order valence-electron chi connectivity index (χ0n) is 8.14. The van der Waals surface area contributed by atoms with Gasteiger partial charge in [0, 0.05) is 22.5 Å². The SMILES string of the molecule is NNC(CCCCl)c1ccc(Cl)cc1F. The molecular weight excluding hydrogens is 238 g/mol. The highest BCUT2D eigenvalue weighted by Crippen LogP contribution is 2.23. The smallest absolute Gasteiger partial charge is 0.129 e. The largest absolute Gasteiger partial charge is 0.271 e. The maximum atomic E-state index is 13.5. The van der Waals surface area contributed by atoms with Crippen LogP contribution in [0.4, 0.5) is 4.39 Å². The molecule has 0 aliphatic carbocycles. The number of rotatable bonds is 5. The first kappa shape index (κ1) is 12.7. The highest BCUT2D eigenvalue weighted by Gasteiger charge is 2.13. The first-order valence-electron chi connectivity index (χ1n) is 4.66. The summed E-state index contributed by atoms with van der Waals surface area (Å²) >= 11 is 11.2. The molecule has 1 unspecified atom stereocenters. The van der Waals surface area contributed by atoms with Gasteiger partial charge in [0.1, 0.15) is 5.82 Å². The average Bonchev–Trinajstić information content (AvgIpc) is 2.21.